The maximum atomic E-state index is 5.01. The van der Waals surface area contributed by atoms with Crippen molar-refractivity contribution in [3.8, 4) is 11.1 Å². The zero-order chi connectivity index (χ0) is 21.2. The molecule has 5 heteroatoms. The lowest BCUT2D eigenvalue weighted by Crippen LogP contribution is -3.13. The minimum atomic E-state index is 0.368. The first kappa shape index (κ1) is 19.8. The van der Waals surface area contributed by atoms with Gasteiger partial charge in [-0.05, 0) is 11.5 Å². The molecule has 1 fully saturated rings. The lowest BCUT2D eigenvalue weighted by atomic mass is 10.1. The Balaban J connectivity index is 1.44. The van der Waals surface area contributed by atoms with Crippen LogP contribution in [-0.2, 0) is 6.54 Å². The Hall–Kier alpha value is -3.18. The lowest BCUT2D eigenvalue weighted by molar-refractivity contribution is -0.914. The van der Waals surface area contributed by atoms with Crippen molar-refractivity contribution in [3.05, 3.63) is 84.2 Å². The van der Waals surface area contributed by atoms with Gasteiger partial charge in [0.25, 0.3) is 0 Å². The predicted molar refractivity (Wildman–Crippen MR) is 126 cm³/mol. The van der Waals surface area contributed by atoms with Gasteiger partial charge in [-0.1, -0.05) is 74.5 Å². The number of hydrogen-bond acceptors (Lipinski definition) is 3. The van der Waals surface area contributed by atoms with Gasteiger partial charge < -0.3 is 9.80 Å². The highest BCUT2D eigenvalue weighted by molar-refractivity contribution is 5.78. The molecule has 1 aliphatic rings. The van der Waals surface area contributed by atoms with Gasteiger partial charge in [0.1, 0.15) is 12.4 Å². The van der Waals surface area contributed by atoms with Crippen LogP contribution in [0.15, 0.2) is 72.9 Å². The molecule has 3 heterocycles. The van der Waals surface area contributed by atoms with E-state index in [0.29, 0.717) is 5.92 Å². The lowest BCUT2D eigenvalue weighted by Gasteiger charge is -2.34. The number of aromatic nitrogens is 3. The summed E-state index contributed by atoms with van der Waals surface area (Å²) in [6, 6.07) is 23.5. The maximum absolute atomic E-state index is 5.01. The molecule has 5 rings (SSSR count). The Morgan fingerprint density at radius 3 is 2.29 bits per heavy atom. The third-order valence-electron chi connectivity index (χ3n) is 6.24. The van der Waals surface area contributed by atoms with Crippen LogP contribution in [0.3, 0.4) is 0 Å². The molecule has 0 atom stereocenters. The van der Waals surface area contributed by atoms with Crippen LogP contribution in [0.1, 0.15) is 31.0 Å². The molecule has 0 spiro atoms. The van der Waals surface area contributed by atoms with Crippen LogP contribution in [0.4, 0.5) is 5.82 Å². The molecule has 158 valence electrons. The van der Waals surface area contributed by atoms with Crippen molar-refractivity contribution >= 4 is 11.5 Å². The smallest absolute Gasteiger partial charge is 0.165 e. The predicted octanol–water partition coefficient (Wildman–Crippen LogP) is 3.42. The molecule has 4 aromatic rings. The van der Waals surface area contributed by atoms with Crippen LogP contribution < -0.4 is 9.80 Å². The number of nitrogens with one attached hydrogen (secondary N) is 1. The van der Waals surface area contributed by atoms with E-state index >= 15 is 0 Å². The number of anilines is 1. The summed E-state index contributed by atoms with van der Waals surface area (Å²) in [5.41, 5.74) is 5.75. The van der Waals surface area contributed by atoms with Crippen molar-refractivity contribution in [1.29, 1.82) is 0 Å². The largest absolute Gasteiger partial charge is 0.345 e. The van der Waals surface area contributed by atoms with E-state index in [-0.39, 0.29) is 0 Å². The zero-order valence-corrected chi connectivity index (χ0v) is 18.3. The topological polar surface area (TPSA) is 37.9 Å². The molecule has 1 aliphatic heterocycles. The standard InChI is InChI=1S/C26H29N5/c1-20(2)24-17-25(30-15-13-29(14-16-30)19-21-9-5-3-6-10-21)31-26(28-24)23(18-27-31)22-11-7-4-8-12-22/h3-12,17-18,20H,13-16,19H2,1-2H3/p+1. The van der Waals surface area contributed by atoms with E-state index in [1.54, 1.807) is 4.90 Å². The molecular formula is C26H30N5+. The average Bonchev–Trinajstić information content (AvgIpc) is 3.24. The molecule has 0 aliphatic carbocycles. The minimum Gasteiger partial charge on any atom is -0.345 e. The van der Waals surface area contributed by atoms with Crippen LogP contribution >= 0.6 is 0 Å². The van der Waals surface area contributed by atoms with Crippen molar-refractivity contribution in [1.82, 2.24) is 14.6 Å². The fraction of sp³-hybridized carbons (Fsp3) is 0.308. The summed E-state index contributed by atoms with van der Waals surface area (Å²) in [5, 5.41) is 4.76. The summed E-state index contributed by atoms with van der Waals surface area (Å²) in [5.74, 6) is 1.53. The third kappa shape index (κ3) is 4.06. The van der Waals surface area contributed by atoms with Crippen molar-refractivity contribution in [2.45, 2.75) is 26.3 Å². The van der Waals surface area contributed by atoms with E-state index in [1.807, 2.05) is 16.8 Å². The summed E-state index contributed by atoms with van der Waals surface area (Å²) >= 11 is 0. The molecule has 31 heavy (non-hydrogen) atoms. The van der Waals surface area contributed by atoms with Gasteiger partial charge >= 0.3 is 0 Å². The Kier molecular flexibility index (Phi) is 5.43. The SMILES string of the molecule is CC(C)c1cc(N2CC[NH+](Cc3ccccc3)CC2)n2ncc(-c3ccccc3)c2n1. The maximum Gasteiger partial charge on any atom is 0.165 e. The number of quaternary nitrogens is 1. The summed E-state index contributed by atoms with van der Waals surface area (Å²) in [4.78, 5) is 9.13. The first-order valence-electron chi connectivity index (χ1n) is 11.3. The van der Waals surface area contributed by atoms with Crippen LogP contribution in [0.5, 0.6) is 0 Å². The van der Waals surface area contributed by atoms with Crippen molar-refractivity contribution in [2.24, 2.45) is 0 Å². The molecule has 0 saturated carbocycles. The number of piperazine rings is 1. The van der Waals surface area contributed by atoms with E-state index in [9.17, 15) is 0 Å². The number of fused-ring (bicyclic) bond motifs is 1. The van der Waals surface area contributed by atoms with E-state index in [1.165, 1.54) is 5.56 Å². The second-order valence-electron chi connectivity index (χ2n) is 8.75. The fourth-order valence-electron chi connectivity index (χ4n) is 4.42. The van der Waals surface area contributed by atoms with Crippen molar-refractivity contribution < 1.29 is 4.90 Å². The Morgan fingerprint density at radius 2 is 1.61 bits per heavy atom. The molecule has 0 bridgehead atoms. The second kappa shape index (κ2) is 8.52. The molecular weight excluding hydrogens is 382 g/mol. The molecule has 0 unspecified atom stereocenters. The molecule has 1 N–H and O–H groups in total. The Labute approximate surface area is 184 Å². The van der Waals surface area contributed by atoms with Gasteiger partial charge in [0, 0.05) is 22.9 Å². The van der Waals surface area contributed by atoms with Crippen LogP contribution in [0, 0.1) is 0 Å². The van der Waals surface area contributed by atoms with Crippen LogP contribution in [-0.4, -0.2) is 40.8 Å². The van der Waals surface area contributed by atoms with Gasteiger partial charge in [0.05, 0.1) is 32.4 Å². The Bertz CT molecular complexity index is 1140. The minimum absolute atomic E-state index is 0.368. The molecule has 2 aromatic heterocycles. The number of nitrogens with zero attached hydrogens (tertiary/aromatic N) is 4. The van der Waals surface area contributed by atoms with Gasteiger partial charge in [0.2, 0.25) is 0 Å². The fourth-order valence-corrected chi connectivity index (χ4v) is 4.42. The molecule has 1 saturated heterocycles. The first-order valence-corrected chi connectivity index (χ1v) is 11.3. The summed E-state index contributed by atoms with van der Waals surface area (Å²) in [6.07, 6.45) is 1.96. The second-order valence-corrected chi connectivity index (χ2v) is 8.75. The summed E-state index contributed by atoms with van der Waals surface area (Å²) in [6.45, 7) is 9.83. The average molecular weight is 413 g/mol. The van der Waals surface area contributed by atoms with Crippen LogP contribution in [0.25, 0.3) is 16.8 Å². The molecule has 2 aromatic carbocycles. The van der Waals surface area contributed by atoms with Crippen LogP contribution in [0.2, 0.25) is 0 Å². The molecule has 5 nitrogen and oxygen atoms in total. The highest BCUT2D eigenvalue weighted by atomic mass is 15.4. The molecule has 0 radical (unpaired) electrons. The molecule has 0 amide bonds. The van der Waals surface area contributed by atoms with Gasteiger partial charge in [-0.15, -0.1) is 0 Å². The van der Waals surface area contributed by atoms with E-state index in [4.69, 9.17) is 10.1 Å². The van der Waals surface area contributed by atoms with E-state index < -0.39 is 0 Å². The number of benzene rings is 2. The quantitative estimate of drug-likeness (QED) is 0.546. The third-order valence-corrected chi connectivity index (χ3v) is 6.24. The number of rotatable bonds is 5. The highest BCUT2D eigenvalue weighted by Crippen LogP contribution is 2.29. The van der Waals surface area contributed by atoms with Gasteiger partial charge in [-0.2, -0.15) is 9.61 Å². The number of hydrogen-bond donors (Lipinski definition) is 1. The summed E-state index contributed by atoms with van der Waals surface area (Å²) < 4.78 is 2.04. The van der Waals surface area contributed by atoms with E-state index in [0.717, 1.165) is 61.0 Å². The van der Waals surface area contributed by atoms with Crippen molar-refractivity contribution in [2.75, 3.05) is 31.1 Å². The Morgan fingerprint density at radius 1 is 0.935 bits per heavy atom. The first-order chi connectivity index (χ1) is 15.2. The van der Waals surface area contributed by atoms with Crippen molar-refractivity contribution in [3.63, 3.8) is 0 Å². The van der Waals surface area contributed by atoms with Gasteiger partial charge in [-0.3, -0.25) is 0 Å². The van der Waals surface area contributed by atoms with Gasteiger partial charge in [-0.25, -0.2) is 4.98 Å². The van der Waals surface area contributed by atoms with E-state index in [2.05, 4.69) is 79.4 Å². The normalized spacial score (nSPS) is 15.1. The zero-order valence-electron chi connectivity index (χ0n) is 18.3. The summed E-state index contributed by atoms with van der Waals surface area (Å²) in [7, 11) is 0. The van der Waals surface area contributed by atoms with Gasteiger partial charge in [0.15, 0.2) is 5.65 Å². The monoisotopic (exact) mass is 412 g/mol. The highest BCUT2D eigenvalue weighted by Gasteiger charge is 2.24.